The first-order chi connectivity index (χ1) is 12.5. The van der Waals surface area contributed by atoms with Crippen LogP contribution >= 0.6 is 11.8 Å². The Morgan fingerprint density at radius 2 is 1.85 bits per heavy atom. The van der Waals surface area contributed by atoms with Gasteiger partial charge in [-0.3, -0.25) is 9.59 Å². The maximum atomic E-state index is 11.9. The fraction of sp³-hybridized carbons (Fsp3) is 0.150. The van der Waals surface area contributed by atoms with Crippen molar-refractivity contribution in [2.45, 2.75) is 20.5 Å². The second-order valence-electron chi connectivity index (χ2n) is 5.86. The molecule has 132 valence electrons. The number of aliphatic imine (C=N–C) groups is 1. The number of amides is 2. The molecule has 0 saturated heterocycles. The van der Waals surface area contributed by atoms with Crippen molar-refractivity contribution < 1.29 is 14.3 Å². The van der Waals surface area contributed by atoms with Crippen LogP contribution in [0.3, 0.4) is 0 Å². The lowest BCUT2D eigenvalue weighted by Gasteiger charge is -2.07. The topological polar surface area (TPSA) is 67.8 Å². The minimum atomic E-state index is -0.349. The fourth-order valence-corrected chi connectivity index (χ4v) is 3.14. The van der Waals surface area contributed by atoms with Crippen LogP contribution in [0.1, 0.15) is 23.6 Å². The lowest BCUT2D eigenvalue weighted by atomic mass is 10.1. The summed E-state index contributed by atoms with van der Waals surface area (Å²) < 4.78 is 5.78. The molecule has 0 saturated carbocycles. The van der Waals surface area contributed by atoms with Crippen LogP contribution in [0.2, 0.25) is 0 Å². The van der Waals surface area contributed by atoms with Gasteiger partial charge in [-0.05, 0) is 48.0 Å². The Morgan fingerprint density at radius 3 is 2.50 bits per heavy atom. The summed E-state index contributed by atoms with van der Waals surface area (Å²) in [6.45, 7) is 3.93. The van der Waals surface area contributed by atoms with Crippen LogP contribution in [-0.4, -0.2) is 17.0 Å². The van der Waals surface area contributed by atoms with Crippen molar-refractivity contribution >= 4 is 34.8 Å². The third-order valence-electron chi connectivity index (χ3n) is 3.61. The molecule has 1 aliphatic heterocycles. The third-order valence-corrected chi connectivity index (χ3v) is 4.51. The molecule has 0 bridgehead atoms. The summed E-state index contributed by atoms with van der Waals surface area (Å²) in [4.78, 5) is 27.2. The fourth-order valence-electron chi connectivity index (χ4n) is 2.28. The Bertz CT molecular complexity index is 884. The third kappa shape index (κ3) is 4.83. The van der Waals surface area contributed by atoms with Gasteiger partial charge >= 0.3 is 0 Å². The maximum Gasteiger partial charge on any atom is 0.286 e. The smallest absolute Gasteiger partial charge is 0.286 e. The van der Waals surface area contributed by atoms with E-state index in [0.29, 0.717) is 16.7 Å². The van der Waals surface area contributed by atoms with Crippen LogP contribution in [0, 0.1) is 6.92 Å². The molecule has 6 heteroatoms. The maximum absolute atomic E-state index is 11.9. The molecule has 0 fully saturated rings. The molecule has 5 nitrogen and oxygen atoms in total. The van der Waals surface area contributed by atoms with Crippen molar-refractivity contribution in [2.75, 3.05) is 0 Å². The summed E-state index contributed by atoms with van der Waals surface area (Å²) in [5.41, 5.74) is 3.19. The van der Waals surface area contributed by atoms with E-state index in [4.69, 9.17) is 4.74 Å². The summed E-state index contributed by atoms with van der Waals surface area (Å²) >= 11 is 1.15. The molecule has 2 aromatic rings. The van der Waals surface area contributed by atoms with Gasteiger partial charge < -0.3 is 10.1 Å². The number of ether oxygens (including phenoxy) is 1. The number of hydrogen-bond acceptors (Lipinski definition) is 4. The Balaban J connectivity index is 1.60. The van der Waals surface area contributed by atoms with Gasteiger partial charge in [0.25, 0.3) is 5.91 Å². The number of hydrogen-bond donors (Lipinski definition) is 1. The van der Waals surface area contributed by atoms with E-state index >= 15 is 0 Å². The molecule has 2 amide bonds. The van der Waals surface area contributed by atoms with E-state index in [9.17, 15) is 9.59 Å². The van der Waals surface area contributed by atoms with E-state index in [-0.39, 0.29) is 11.8 Å². The van der Waals surface area contributed by atoms with Crippen LogP contribution in [0.5, 0.6) is 5.75 Å². The highest BCUT2D eigenvalue weighted by molar-refractivity contribution is 8.18. The summed E-state index contributed by atoms with van der Waals surface area (Å²) in [6, 6.07) is 15.7. The van der Waals surface area contributed by atoms with Crippen LogP contribution in [0.4, 0.5) is 0 Å². The SMILES string of the molecule is CC(=O)NC1=NC(=O)C(=Cc2ccc(OCc3ccc(C)cc3)cc2)S1. The number of nitrogens with one attached hydrogen (secondary N) is 1. The molecule has 0 radical (unpaired) electrons. The zero-order valence-corrected chi connectivity index (χ0v) is 15.3. The second-order valence-corrected chi connectivity index (χ2v) is 6.89. The van der Waals surface area contributed by atoms with E-state index < -0.39 is 0 Å². The van der Waals surface area contributed by atoms with Gasteiger partial charge in [-0.1, -0.05) is 42.0 Å². The molecule has 0 spiro atoms. The van der Waals surface area contributed by atoms with Crippen molar-refractivity contribution in [1.29, 1.82) is 0 Å². The number of benzene rings is 2. The van der Waals surface area contributed by atoms with E-state index in [1.165, 1.54) is 12.5 Å². The van der Waals surface area contributed by atoms with Crippen LogP contribution in [0.15, 0.2) is 58.4 Å². The van der Waals surface area contributed by atoms with Gasteiger partial charge in [0.2, 0.25) is 5.91 Å². The quantitative estimate of drug-likeness (QED) is 0.838. The molecular weight excluding hydrogens is 348 g/mol. The monoisotopic (exact) mass is 366 g/mol. The van der Waals surface area contributed by atoms with E-state index in [1.54, 1.807) is 6.08 Å². The molecular formula is C20H18N2O3S. The molecule has 0 aliphatic carbocycles. The number of carbonyl (C=O) groups is 2. The average Bonchev–Trinajstić information content (AvgIpc) is 2.94. The summed E-state index contributed by atoms with van der Waals surface area (Å²) in [7, 11) is 0. The predicted molar refractivity (Wildman–Crippen MR) is 104 cm³/mol. The first-order valence-corrected chi connectivity index (χ1v) is 8.90. The normalized spacial score (nSPS) is 15.1. The Kier molecular flexibility index (Phi) is 5.53. The molecule has 3 rings (SSSR count). The summed E-state index contributed by atoms with van der Waals surface area (Å²) in [5.74, 6) is 0.159. The van der Waals surface area contributed by atoms with Crippen molar-refractivity contribution in [3.05, 3.63) is 70.1 Å². The average molecular weight is 366 g/mol. The zero-order chi connectivity index (χ0) is 18.5. The largest absolute Gasteiger partial charge is 0.489 e. The molecule has 1 N–H and O–H groups in total. The van der Waals surface area contributed by atoms with E-state index in [2.05, 4.69) is 29.4 Å². The van der Waals surface area contributed by atoms with Crippen LogP contribution in [-0.2, 0) is 16.2 Å². The Labute approximate surface area is 156 Å². The highest BCUT2D eigenvalue weighted by Crippen LogP contribution is 2.28. The van der Waals surface area contributed by atoms with Gasteiger partial charge in [0, 0.05) is 6.92 Å². The van der Waals surface area contributed by atoms with Gasteiger partial charge in [-0.25, -0.2) is 0 Å². The van der Waals surface area contributed by atoms with Gasteiger partial charge in [0.05, 0.1) is 4.91 Å². The first-order valence-electron chi connectivity index (χ1n) is 8.08. The molecule has 0 unspecified atom stereocenters. The lowest BCUT2D eigenvalue weighted by Crippen LogP contribution is -2.23. The molecule has 0 atom stereocenters. The highest BCUT2D eigenvalue weighted by atomic mass is 32.2. The summed E-state index contributed by atoms with van der Waals surface area (Å²) in [6.07, 6.45) is 1.75. The van der Waals surface area contributed by atoms with E-state index in [0.717, 1.165) is 28.6 Å². The number of amidine groups is 1. The zero-order valence-electron chi connectivity index (χ0n) is 14.5. The molecule has 1 heterocycles. The molecule has 2 aromatic carbocycles. The molecule has 1 aliphatic rings. The standard InChI is InChI=1S/C20H18N2O3S/c1-13-3-5-16(6-4-13)12-25-17-9-7-15(8-10-17)11-18-19(24)22-20(26-18)21-14(2)23/h3-11H,12H2,1-2H3,(H,21,22,23,24). The Morgan fingerprint density at radius 1 is 1.15 bits per heavy atom. The number of aryl methyl sites for hydroxylation is 1. The van der Waals surface area contributed by atoms with Gasteiger partial charge in [0.1, 0.15) is 12.4 Å². The second kappa shape index (κ2) is 8.01. The minimum absolute atomic E-state index is 0.250. The van der Waals surface area contributed by atoms with Crippen LogP contribution < -0.4 is 10.1 Å². The van der Waals surface area contributed by atoms with Gasteiger partial charge in [-0.2, -0.15) is 4.99 Å². The Hall–Kier alpha value is -2.86. The van der Waals surface area contributed by atoms with Crippen molar-refractivity contribution in [2.24, 2.45) is 4.99 Å². The molecule has 26 heavy (non-hydrogen) atoms. The number of carbonyl (C=O) groups excluding carboxylic acids is 2. The van der Waals surface area contributed by atoms with Gasteiger partial charge in [0.15, 0.2) is 5.17 Å². The van der Waals surface area contributed by atoms with E-state index in [1.807, 2.05) is 36.4 Å². The first kappa shape index (κ1) is 17.9. The van der Waals surface area contributed by atoms with Gasteiger partial charge in [-0.15, -0.1) is 0 Å². The number of nitrogens with zero attached hydrogens (tertiary/aromatic N) is 1. The van der Waals surface area contributed by atoms with Crippen molar-refractivity contribution in [1.82, 2.24) is 5.32 Å². The number of thioether (sulfide) groups is 1. The summed E-state index contributed by atoms with van der Waals surface area (Å²) in [5, 5.41) is 2.84. The van der Waals surface area contributed by atoms with Crippen molar-refractivity contribution in [3.63, 3.8) is 0 Å². The minimum Gasteiger partial charge on any atom is -0.489 e. The number of rotatable bonds is 4. The highest BCUT2D eigenvalue weighted by Gasteiger charge is 2.22. The lowest BCUT2D eigenvalue weighted by molar-refractivity contribution is -0.117. The van der Waals surface area contributed by atoms with Crippen LogP contribution in [0.25, 0.3) is 6.08 Å². The van der Waals surface area contributed by atoms with Crippen molar-refractivity contribution in [3.8, 4) is 5.75 Å². The molecule has 0 aromatic heterocycles. The predicted octanol–water partition coefficient (Wildman–Crippen LogP) is 3.68.